The van der Waals surface area contributed by atoms with Crippen molar-refractivity contribution in [3.05, 3.63) is 71.3 Å². The van der Waals surface area contributed by atoms with Gasteiger partial charge in [0.2, 0.25) is 5.28 Å². The summed E-state index contributed by atoms with van der Waals surface area (Å²) < 4.78 is 7.36. The van der Waals surface area contributed by atoms with Crippen molar-refractivity contribution in [2.45, 2.75) is 6.54 Å². The van der Waals surface area contributed by atoms with E-state index in [1.54, 1.807) is 30.6 Å². The van der Waals surface area contributed by atoms with Crippen LogP contribution in [0.3, 0.4) is 0 Å². The van der Waals surface area contributed by atoms with Crippen LogP contribution in [0.15, 0.2) is 54.9 Å². The molecule has 0 saturated carbocycles. The minimum absolute atomic E-state index is 0.179. The van der Waals surface area contributed by atoms with Crippen LogP contribution in [0.2, 0.25) is 5.28 Å². The van der Waals surface area contributed by atoms with E-state index in [2.05, 4.69) is 25.2 Å². The fraction of sp³-hybridized carbons (Fsp3) is 0.217. The standard InChI is InChI=1S/C23H22ClN7O2/c24-23-28-20(30-9-11-33-12-10-30)19-21(29-23)31(14-26-19)13-15-5-7-16(8-6-15)22(32)27-18-4-2-1-3-17(18)25/h1-8,14H,9-13,25H2,(H,27,32). The number of rotatable bonds is 5. The van der Waals surface area contributed by atoms with Crippen molar-refractivity contribution in [1.29, 1.82) is 0 Å². The largest absolute Gasteiger partial charge is 0.397 e. The molecule has 9 nitrogen and oxygen atoms in total. The van der Waals surface area contributed by atoms with Gasteiger partial charge in [0, 0.05) is 18.7 Å². The van der Waals surface area contributed by atoms with Gasteiger partial charge in [0.25, 0.3) is 5.91 Å². The molecule has 2 aromatic heterocycles. The van der Waals surface area contributed by atoms with Crippen molar-refractivity contribution in [3.8, 4) is 0 Å². The van der Waals surface area contributed by atoms with Crippen LogP contribution in [0.1, 0.15) is 15.9 Å². The number of carbonyl (C=O) groups is 1. The molecule has 0 spiro atoms. The van der Waals surface area contributed by atoms with Crippen molar-refractivity contribution >= 4 is 45.9 Å². The van der Waals surface area contributed by atoms with E-state index in [0.29, 0.717) is 47.9 Å². The molecule has 33 heavy (non-hydrogen) atoms. The molecule has 3 heterocycles. The van der Waals surface area contributed by atoms with E-state index in [1.807, 2.05) is 28.8 Å². The molecule has 1 fully saturated rings. The number of morpholine rings is 1. The molecule has 168 valence electrons. The second-order valence-electron chi connectivity index (χ2n) is 7.70. The molecule has 1 amide bonds. The molecule has 1 aliphatic heterocycles. The average Bonchev–Trinajstić information content (AvgIpc) is 3.23. The van der Waals surface area contributed by atoms with Gasteiger partial charge in [0.15, 0.2) is 17.0 Å². The lowest BCUT2D eigenvalue weighted by molar-refractivity contribution is 0.102. The molecule has 2 aromatic carbocycles. The summed E-state index contributed by atoms with van der Waals surface area (Å²) >= 11 is 6.23. The van der Waals surface area contributed by atoms with E-state index in [0.717, 1.165) is 24.5 Å². The van der Waals surface area contributed by atoms with Gasteiger partial charge in [-0.05, 0) is 41.4 Å². The molecule has 3 N–H and O–H groups in total. The third-order valence-corrected chi connectivity index (χ3v) is 5.68. The smallest absolute Gasteiger partial charge is 0.255 e. The molecule has 0 atom stereocenters. The number of anilines is 3. The number of hydrogen-bond acceptors (Lipinski definition) is 7. The molecule has 10 heteroatoms. The minimum Gasteiger partial charge on any atom is -0.397 e. The normalized spacial score (nSPS) is 13.9. The maximum absolute atomic E-state index is 12.6. The number of nitrogens with two attached hydrogens (primary N) is 1. The fourth-order valence-corrected chi connectivity index (χ4v) is 3.94. The van der Waals surface area contributed by atoms with Gasteiger partial charge in [-0.25, -0.2) is 4.98 Å². The Labute approximate surface area is 195 Å². The summed E-state index contributed by atoms with van der Waals surface area (Å²) in [5, 5.41) is 3.01. The van der Waals surface area contributed by atoms with Crippen LogP contribution in [-0.2, 0) is 11.3 Å². The molecular weight excluding hydrogens is 442 g/mol. The zero-order chi connectivity index (χ0) is 22.8. The van der Waals surface area contributed by atoms with Crippen molar-refractivity contribution in [2.75, 3.05) is 42.3 Å². The Bertz CT molecular complexity index is 1300. The SMILES string of the molecule is Nc1ccccc1NC(=O)c1ccc(Cn2cnc3c(N4CCOCC4)nc(Cl)nc32)cc1. The number of ether oxygens (including phenoxy) is 1. The van der Waals surface area contributed by atoms with Gasteiger partial charge < -0.3 is 25.3 Å². The first-order valence-electron chi connectivity index (χ1n) is 10.5. The molecule has 0 radical (unpaired) electrons. The summed E-state index contributed by atoms with van der Waals surface area (Å²) in [5.41, 5.74) is 9.92. The lowest BCUT2D eigenvalue weighted by atomic mass is 10.1. The molecule has 0 bridgehead atoms. The van der Waals surface area contributed by atoms with Gasteiger partial charge in [-0.3, -0.25) is 4.79 Å². The van der Waals surface area contributed by atoms with Crippen LogP contribution in [0, 0.1) is 0 Å². The predicted molar refractivity (Wildman–Crippen MR) is 128 cm³/mol. The molecule has 4 aromatic rings. The Balaban J connectivity index is 1.35. The van der Waals surface area contributed by atoms with E-state index in [4.69, 9.17) is 22.1 Å². The number of nitrogen functional groups attached to an aromatic ring is 1. The summed E-state index contributed by atoms with van der Waals surface area (Å²) in [6, 6.07) is 14.5. The van der Waals surface area contributed by atoms with E-state index in [9.17, 15) is 4.79 Å². The first kappa shape index (κ1) is 21.2. The second kappa shape index (κ2) is 9.05. The number of fused-ring (bicyclic) bond motifs is 1. The summed E-state index contributed by atoms with van der Waals surface area (Å²) in [7, 11) is 0. The van der Waals surface area contributed by atoms with Crippen molar-refractivity contribution in [3.63, 3.8) is 0 Å². The number of nitrogens with zero attached hydrogens (tertiary/aromatic N) is 5. The number of benzene rings is 2. The highest BCUT2D eigenvalue weighted by Gasteiger charge is 2.20. The summed E-state index contributed by atoms with van der Waals surface area (Å²) in [6.45, 7) is 3.27. The zero-order valence-electron chi connectivity index (χ0n) is 17.7. The highest BCUT2D eigenvalue weighted by Crippen LogP contribution is 2.26. The summed E-state index contributed by atoms with van der Waals surface area (Å²) in [6.07, 6.45) is 1.73. The molecule has 1 aliphatic rings. The molecule has 1 saturated heterocycles. The third kappa shape index (κ3) is 4.46. The number of aromatic nitrogens is 4. The van der Waals surface area contributed by atoms with E-state index in [1.165, 1.54) is 0 Å². The lowest BCUT2D eigenvalue weighted by Crippen LogP contribution is -2.37. The van der Waals surface area contributed by atoms with E-state index < -0.39 is 0 Å². The zero-order valence-corrected chi connectivity index (χ0v) is 18.5. The van der Waals surface area contributed by atoms with Crippen LogP contribution < -0.4 is 16.0 Å². The van der Waals surface area contributed by atoms with Gasteiger partial charge in [-0.2, -0.15) is 9.97 Å². The third-order valence-electron chi connectivity index (χ3n) is 5.51. The number of amides is 1. The summed E-state index contributed by atoms with van der Waals surface area (Å²) in [5.74, 6) is 0.501. The highest BCUT2D eigenvalue weighted by molar-refractivity contribution is 6.28. The first-order valence-corrected chi connectivity index (χ1v) is 10.9. The number of imidazole rings is 1. The molecule has 0 unspecified atom stereocenters. The van der Waals surface area contributed by atoms with Crippen LogP contribution in [0.4, 0.5) is 17.2 Å². The molecule has 0 aliphatic carbocycles. The quantitative estimate of drug-likeness (QED) is 0.345. The van der Waals surface area contributed by atoms with Gasteiger partial charge in [-0.15, -0.1) is 0 Å². The van der Waals surface area contributed by atoms with E-state index in [-0.39, 0.29) is 11.2 Å². The van der Waals surface area contributed by atoms with Gasteiger partial charge in [-0.1, -0.05) is 24.3 Å². The monoisotopic (exact) mass is 463 g/mol. The Morgan fingerprint density at radius 2 is 1.85 bits per heavy atom. The number of nitrogens with one attached hydrogen (secondary N) is 1. The van der Waals surface area contributed by atoms with Crippen LogP contribution in [-0.4, -0.2) is 51.7 Å². The number of halogens is 1. The van der Waals surface area contributed by atoms with Crippen LogP contribution >= 0.6 is 11.6 Å². The fourth-order valence-electron chi connectivity index (χ4n) is 3.78. The lowest BCUT2D eigenvalue weighted by Gasteiger charge is -2.27. The average molecular weight is 464 g/mol. The highest BCUT2D eigenvalue weighted by atomic mass is 35.5. The first-order chi connectivity index (χ1) is 16.1. The van der Waals surface area contributed by atoms with Crippen LogP contribution in [0.5, 0.6) is 0 Å². The van der Waals surface area contributed by atoms with Crippen molar-refractivity contribution < 1.29 is 9.53 Å². The van der Waals surface area contributed by atoms with Crippen molar-refractivity contribution in [2.24, 2.45) is 0 Å². The van der Waals surface area contributed by atoms with Gasteiger partial charge in [0.05, 0.1) is 37.5 Å². The van der Waals surface area contributed by atoms with E-state index >= 15 is 0 Å². The topological polar surface area (TPSA) is 111 Å². The Hall–Kier alpha value is -3.69. The maximum atomic E-state index is 12.6. The number of carbonyl (C=O) groups excluding carboxylic acids is 1. The van der Waals surface area contributed by atoms with Gasteiger partial charge >= 0.3 is 0 Å². The number of para-hydroxylation sites is 2. The second-order valence-corrected chi connectivity index (χ2v) is 8.04. The molecule has 5 rings (SSSR count). The van der Waals surface area contributed by atoms with Crippen molar-refractivity contribution in [1.82, 2.24) is 19.5 Å². The van der Waals surface area contributed by atoms with Gasteiger partial charge in [0.1, 0.15) is 0 Å². The molecular formula is C23H22ClN7O2. The Morgan fingerprint density at radius 3 is 2.61 bits per heavy atom. The Kier molecular flexibility index (Phi) is 5.80. The van der Waals surface area contributed by atoms with Crippen LogP contribution in [0.25, 0.3) is 11.2 Å². The Morgan fingerprint density at radius 1 is 1.09 bits per heavy atom. The summed E-state index contributed by atoms with van der Waals surface area (Å²) in [4.78, 5) is 28.1. The number of hydrogen-bond donors (Lipinski definition) is 2. The maximum Gasteiger partial charge on any atom is 0.255 e. The minimum atomic E-state index is -0.220. The predicted octanol–water partition coefficient (Wildman–Crippen LogP) is 3.20.